The minimum absolute atomic E-state index is 0.0884. The maximum absolute atomic E-state index is 12.5. The summed E-state index contributed by atoms with van der Waals surface area (Å²) in [5.41, 5.74) is -0.0884. The minimum atomic E-state index is -4.55. The third kappa shape index (κ3) is 3.33. The molecule has 2 rings (SSSR count). The van der Waals surface area contributed by atoms with Crippen molar-refractivity contribution in [3.63, 3.8) is 0 Å². The molecule has 0 atom stereocenters. The van der Waals surface area contributed by atoms with E-state index < -0.39 is 26.8 Å². The Morgan fingerprint density at radius 1 is 1.30 bits per heavy atom. The van der Waals surface area contributed by atoms with E-state index in [1.54, 1.807) is 0 Å². The Labute approximate surface area is 115 Å². The molecule has 6 nitrogen and oxygen atoms in total. The maximum Gasteiger partial charge on any atom is 0.443 e. The van der Waals surface area contributed by atoms with Gasteiger partial charge in [0.15, 0.2) is 20.7 Å². The van der Waals surface area contributed by atoms with Crippen molar-refractivity contribution in [2.45, 2.75) is 18.9 Å². The van der Waals surface area contributed by atoms with Gasteiger partial charge >= 0.3 is 6.18 Å². The van der Waals surface area contributed by atoms with Gasteiger partial charge in [-0.05, 0) is 6.92 Å². The highest BCUT2D eigenvalue weighted by molar-refractivity contribution is 7.89. The summed E-state index contributed by atoms with van der Waals surface area (Å²) in [7, 11) is -3.36. The van der Waals surface area contributed by atoms with Gasteiger partial charge in [-0.25, -0.2) is 13.4 Å². The first kappa shape index (κ1) is 14.9. The molecule has 0 N–H and O–H groups in total. The van der Waals surface area contributed by atoms with Crippen LogP contribution in [-0.2, 0) is 21.8 Å². The molecule has 0 aliphatic heterocycles. The highest BCUT2D eigenvalue weighted by Crippen LogP contribution is 2.36. The molecular weight excluding hydrogens is 319 g/mol. The first-order valence-corrected chi connectivity index (χ1v) is 7.99. The van der Waals surface area contributed by atoms with E-state index in [4.69, 9.17) is 4.52 Å². The van der Waals surface area contributed by atoms with Crippen molar-refractivity contribution in [3.8, 4) is 11.6 Å². The second-order valence-corrected chi connectivity index (χ2v) is 7.35. The SMILES string of the molecule is Cc1sc(C(F)(F)F)nc1-c1nc(CS(C)(=O)=O)no1. The molecule has 11 heteroatoms. The van der Waals surface area contributed by atoms with E-state index in [1.165, 1.54) is 6.92 Å². The lowest BCUT2D eigenvalue weighted by atomic mass is 10.4. The van der Waals surface area contributed by atoms with Crippen molar-refractivity contribution < 1.29 is 26.1 Å². The zero-order valence-corrected chi connectivity index (χ0v) is 11.9. The smallest absolute Gasteiger partial charge is 0.332 e. The lowest BCUT2D eigenvalue weighted by molar-refractivity contribution is -0.137. The summed E-state index contributed by atoms with van der Waals surface area (Å²) in [5.74, 6) is -0.803. The lowest BCUT2D eigenvalue weighted by Crippen LogP contribution is -2.03. The van der Waals surface area contributed by atoms with Gasteiger partial charge < -0.3 is 4.52 Å². The fourth-order valence-corrected chi connectivity index (χ4v) is 2.72. The quantitative estimate of drug-likeness (QED) is 0.858. The van der Waals surface area contributed by atoms with E-state index in [1.807, 2.05) is 0 Å². The number of rotatable bonds is 3. The predicted octanol–water partition coefficient (Wildman–Crippen LogP) is 2.06. The molecule has 0 saturated heterocycles. The molecule has 0 aliphatic carbocycles. The van der Waals surface area contributed by atoms with Crippen LogP contribution in [0.25, 0.3) is 11.6 Å². The summed E-state index contributed by atoms with van der Waals surface area (Å²) in [6.45, 7) is 1.43. The number of aromatic nitrogens is 3. The van der Waals surface area contributed by atoms with Crippen molar-refractivity contribution in [2.75, 3.05) is 6.26 Å². The van der Waals surface area contributed by atoms with Crippen LogP contribution >= 0.6 is 11.3 Å². The maximum atomic E-state index is 12.5. The van der Waals surface area contributed by atoms with E-state index in [-0.39, 0.29) is 22.3 Å². The Hall–Kier alpha value is -1.49. The standard InChI is InChI=1S/C9H8F3N3O3S2/c1-4-6(14-8(19-4)9(10,11)12)7-13-5(15-18-7)3-20(2,16)17/h3H2,1-2H3. The predicted molar refractivity (Wildman–Crippen MR) is 63.7 cm³/mol. The van der Waals surface area contributed by atoms with Gasteiger partial charge in [0.05, 0.1) is 0 Å². The highest BCUT2D eigenvalue weighted by Gasteiger charge is 2.36. The van der Waals surface area contributed by atoms with Gasteiger partial charge in [-0.2, -0.15) is 18.2 Å². The van der Waals surface area contributed by atoms with Crippen LogP contribution in [0.1, 0.15) is 15.7 Å². The van der Waals surface area contributed by atoms with E-state index in [9.17, 15) is 21.6 Å². The topological polar surface area (TPSA) is 86.0 Å². The van der Waals surface area contributed by atoms with E-state index in [0.29, 0.717) is 11.3 Å². The number of alkyl halides is 3. The number of sulfone groups is 1. The minimum Gasteiger partial charge on any atom is -0.332 e. The number of nitrogens with zero attached hydrogens (tertiary/aromatic N) is 3. The van der Waals surface area contributed by atoms with Crippen LogP contribution in [-0.4, -0.2) is 29.8 Å². The molecule has 0 spiro atoms. The van der Waals surface area contributed by atoms with Gasteiger partial charge in [-0.3, -0.25) is 0 Å². The Morgan fingerprint density at radius 3 is 2.45 bits per heavy atom. The van der Waals surface area contributed by atoms with Crippen molar-refractivity contribution in [3.05, 3.63) is 15.7 Å². The molecule has 2 aromatic rings. The Balaban J connectivity index is 2.36. The summed E-state index contributed by atoms with van der Waals surface area (Å²) in [4.78, 5) is 7.41. The monoisotopic (exact) mass is 327 g/mol. The first-order chi connectivity index (χ1) is 9.06. The second kappa shape index (κ2) is 4.81. The van der Waals surface area contributed by atoms with Crippen LogP contribution in [0.5, 0.6) is 0 Å². The van der Waals surface area contributed by atoms with E-state index in [2.05, 4.69) is 15.1 Å². The van der Waals surface area contributed by atoms with Crippen LogP contribution in [0.2, 0.25) is 0 Å². The van der Waals surface area contributed by atoms with Crippen molar-refractivity contribution in [1.82, 2.24) is 15.1 Å². The highest BCUT2D eigenvalue weighted by atomic mass is 32.2. The van der Waals surface area contributed by atoms with Crippen molar-refractivity contribution >= 4 is 21.2 Å². The van der Waals surface area contributed by atoms with Gasteiger partial charge in [0.1, 0.15) is 11.4 Å². The largest absolute Gasteiger partial charge is 0.443 e. The average molecular weight is 327 g/mol. The summed E-state index contributed by atoms with van der Waals surface area (Å²) in [6, 6.07) is 0. The number of halogens is 3. The number of thiazole rings is 1. The van der Waals surface area contributed by atoms with E-state index >= 15 is 0 Å². The number of hydrogen-bond donors (Lipinski definition) is 0. The molecule has 0 aliphatic rings. The third-order valence-corrected chi connectivity index (χ3v) is 3.90. The Kier molecular flexibility index (Phi) is 3.58. The van der Waals surface area contributed by atoms with Crippen LogP contribution in [0.4, 0.5) is 13.2 Å². The normalized spacial score (nSPS) is 12.8. The van der Waals surface area contributed by atoms with Crippen LogP contribution in [0.15, 0.2) is 4.52 Å². The molecular formula is C9H8F3N3O3S2. The summed E-state index contributed by atoms with van der Waals surface area (Å²) in [5, 5.41) is 2.39. The van der Waals surface area contributed by atoms with Gasteiger partial charge in [0.2, 0.25) is 0 Å². The molecule has 0 amide bonds. The van der Waals surface area contributed by atoms with Gasteiger partial charge in [-0.15, -0.1) is 11.3 Å². The van der Waals surface area contributed by atoms with Crippen LogP contribution in [0, 0.1) is 6.92 Å². The molecule has 0 radical (unpaired) electrons. The molecule has 0 bridgehead atoms. The average Bonchev–Trinajstić information content (AvgIpc) is 2.81. The molecule has 0 saturated carbocycles. The summed E-state index contributed by atoms with van der Waals surface area (Å²) >= 11 is 0.456. The fraction of sp³-hybridized carbons (Fsp3) is 0.444. The molecule has 0 unspecified atom stereocenters. The molecule has 2 aromatic heterocycles. The number of hydrogen-bond acceptors (Lipinski definition) is 7. The summed E-state index contributed by atoms with van der Waals surface area (Å²) in [6.07, 6.45) is -3.57. The molecule has 20 heavy (non-hydrogen) atoms. The van der Waals surface area contributed by atoms with E-state index in [0.717, 1.165) is 6.26 Å². The van der Waals surface area contributed by atoms with Crippen molar-refractivity contribution in [1.29, 1.82) is 0 Å². The van der Waals surface area contributed by atoms with Gasteiger partial charge in [0, 0.05) is 11.1 Å². The molecule has 2 heterocycles. The zero-order valence-electron chi connectivity index (χ0n) is 10.2. The van der Waals surface area contributed by atoms with Gasteiger partial charge in [-0.1, -0.05) is 5.16 Å². The number of aryl methyl sites for hydroxylation is 1. The van der Waals surface area contributed by atoms with Crippen LogP contribution < -0.4 is 0 Å². The molecule has 0 fully saturated rings. The van der Waals surface area contributed by atoms with Gasteiger partial charge in [0.25, 0.3) is 5.89 Å². The van der Waals surface area contributed by atoms with Crippen molar-refractivity contribution in [2.24, 2.45) is 0 Å². The fourth-order valence-electron chi connectivity index (χ4n) is 1.36. The third-order valence-electron chi connectivity index (χ3n) is 2.10. The Morgan fingerprint density at radius 2 is 1.95 bits per heavy atom. The first-order valence-electron chi connectivity index (χ1n) is 5.11. The van der Waals surface area contributed by atoms with Crippen LogP contribution in [0.3, 0.4) is 0 Å². The lowest BCUT2D eigenvalue weighted by Gasteiger charge is -1.98. The second-order valence-electron chi connectivity index (χ2n) is 4.01. The molecule has 0 aromatic carbocycles. The summed E-state index contributed by atoms with van der Waals surface area (Å²) < 4.78 is 64.5. The Bertz CT molecular complexity index is 733. The zero-order chi connectivity index (χ0) is 15.1. The molecule has 110 valence electrons.